The number of aliphatic hydroxyl groups excluding tert-OH is 1. The summed E-state index contributed by atoms with van der Waals surface area (Å²) in [6.07, 6.45) is 51.5. The first-order valence-electron chi connectivity index (χ1n) is 39.7. The maximum Gasteiger partial charge on any atom is 0.472 e. The van der Waals surface area contributed by atoms with Crippen molar-refractivity contribution < 1.29 is 80.2 Å². The quantitative estimate of drug-likeness (QED) is 0.0222. The normalized spacial score (nSPS) is 14.4. The molecule has 96 heavy (non-hydrogen) atoms. The second kappa shape index (κ2) is 66.3. The molecule has 19 heteroatoms. The Morgan fingerprint density at radius 2 is 0.500 bits per heavy atom. The number of esters is 4. The van der Waals surface area contributed by atoms with Gasteiger partial charge in [0.05, 0.1) is 26.4 Å². The van der Waals surface area contributed by atoms with Crippen LogP contribution in [0.5, 0.6) is 0 Å². The van der Waals surface area contributed by atoms with Crippen molar-refractivity contribution in [1.29, 1.82) is 0 Å². The van der Waals surface area contributed by atoms with E-state index >= 15 is 0 Å². The zero-order valence-electron chi connectivity index (χ0n) is 63.0. The summed E-state index contributed by atoms with van der Waals surface area (Å²) in [5.74, 6) is 0.924. The summed E-state index contributed by atoms with van der Waals surface area (Å²) in [5.41, 5.74) is 0. The first-order valence-corrected chi connectivity index (χ1v) is 42.7. The van der Waals surface area contributed by atoms with Crippen LogP contribution in [0.25, 0.3) is 0 Å². The van der Waals surface area contributed by atoms with Gasteiger partial charge < -0.3 is 33.8 Å². The molecular formula is C77H150O17P2. The van der Waals surface area contributed by atoms with E-state index in [0.29, 0.717) is 25.7 Å². The van der Waals surface area contributed by atoms with Gasteiger partial charge in [-0.15, -0.1) is 0 Å². The van der Waals surface area contributed by atoms with Crippen molar-refractivity contribution in [3.05, 3.63) is 0 Å². The molecule has 0 aliphatic rings. The predicted molar refractivity (Wildman–Crippen MR) is 391 cm³/mol. The van der Waals surface area contributed by atoms with Gasteiger partial charge in [0.15, 0.2) is 12.2 Å². The van der Waals surface area contributed by atoms with Crippen LogP contribution in [0.1, 0.15) is 389 Å². The van der Waals surface area contributed by atoms with Crippen LogP contribution < -0.4 is 0 Å². The van der Waals surface area contributed by atoms with E-state index in [0.717, 1.165) is 114 Å². The summed E-state index contributed by atoms with van der Waals surface area (Å²) in [4.78, 5) is 72.8. The summed E-state index contributed by atoms with van der Waals surface area (Å²) in [7, 11) is -9.91. The monoisotopic (exact) mass is 1410 g/mol. The number of phosphoric acid groups is 2. The molecule has 0 aliphatic carbocycles. The highest BCUT2D eigenvalue weighted by atomic mass is 31.2. The van der Waals surface area contributed by atoms with Crippen LogP contribution >= 0.6 is 15.6 Å². The van der Waals surface area contributed by atoms with Crippen molar-refractivity contribution in [3.63, 3.8) is 0 Å². The molecule has 0 aliphatic heterocycles. The lowest BCUT2D eigenvalue weighted by Crippen LogP contribution is -2.30. The van der Waals surface area contributed by atoms with Crippen molar-refractivity contribution in [2.24, 2.45) is 23.7 Å². The second-order valence-corrected chi connectivity index (χ2v) is 32.3. The first kappa shape index (κ1) is 94.1. The van der Waals surface area contributed by atoms with Crippen LogP contribution in [0.15, 0.2) is 0 Å². The molecule has 4 unspecified atom stereocenters. The van der Waals surface area contributed by atoms with E-state index in [2.05, 4.69) is 55.4 Å². The first-order chi connectivity index (χ1) is 46.1. The molecule has 0 heterocycles. The average molecular weight is 1410 g/mol. The molecule has 0 fully saturated rings. The van der Waals surface area contributed by atoms with Crippen molar-refractivity contribution in [3.8, 4) is 0 Å². The van der Waals surface area contributed by atoms with Gasteiger partial charge in [0.2, 0.25) is 0 Å². The van der Waals surface area contributed by atoms with Crippen LogP contribution in [0, 0.1) is 23.7 Å². The van der Waals surface area contributed by atoms with Crippen molar-refractivity contribution in [2.45, 2.75) is 408 Å². The lowest BCUT2D eigenvalue weighted by Gasteiger charge is -2.21. The van der Waals surface area contributed by atoms with Crippen LogP contribution in [-0.2, 0) is 65.4 Å². The Labute approximate surface area is 588 Å². The Kier molecular flexibility index (Phi) is 65.0. The van der Waals surface area contributed by atoms with Crippen LogP contribution in [0.3, 0.4) is 0 Å². The Morgan fingerprint density at radius 1 is 0.292 bits per heavy atom. The number of hydrogen-bond acceptors (Lipinski definition) is 15. The van der Waals surface area contributed by atoms with E-state index in [1.54, 1.807) is 0 Å². The Bertz CT molecular complexity index is 1890. The van der Waals surface area contributed by atoms with Crippen molar-refractivity contribution >= 4 is 39.5 Å². The van der Waals surface area contributed by atoms with Crippen LogP contribution in [0.2, 0.25) is 0 Å². The molecule has 0 aromatic rings. The number of carbonyl (C=O) groups excluding carboxylic acids is 4. The summed E-state index contributed by atoms with van der Waals surface area (Å²) in [5, 5.41) is 10.6. The molecule has 0 bridgehead atoms. The topological polar surface area (TPSA) is 237 Å². The number of ether oxygens (including phenoxy) is 4. The third-order valence-corrected chi connectivity index (χ3v) is 20.1. The molecule has 17 nitrogen and oxygen atoms in total. The zero-order valence-corrected chi connectivity index (χ0v) is 64.8. The van der Waals surface area contributed by atoms with Gasteiger partial charge in [0, 0.05) is 25.7 Å². The molecule has 0 spiro atoms. The minimum absolute atomic E-state index is 0.102. The van der Waals surface area contributed by atoms with Gasteiger partial charge in [-0.25, -0.2) is 9.13 Å². The molecule has 0 amide bonds. The Morgan fingerprint density at radius 3 is 0.740 bits per heavy atom. The van der Waals surface area contributed by atoms with E-state index < -0.39 is 97.5 Å². The van der Waals surface area contributed by atoms with Gasteiger partial charge in [0.1, 0.15) is 19.3 Å². The molecule has 0 rings (SSSR count). The van der Waals surface area contributed by atoms with Gasteiger partial charge in [-0.05, 0) is 49.4 Å². The lowest BCUT2D eigenvalue weighted by atomic mass is 10.00. The van der Waals surface area contributed by atoms with Gasteiger partial charge in [-0.3, -0.25) is 37.3 Å². The highest BCUT2D eigenvalue weighted by Crippen LogP contribution is 2.45. The Hall–Kier alpha value is -1.94. The zero-order chi connectivity index (χ0) is 71.0. The minimum Gasteiger partial charge on any atom is -0.462 e. The molecule has 0 saturated heterocycles. The van der Waals surface area contributed by atoms with Gasteiger partial charge in [-0.1, -0.05) is 338 Å². The molecule has 6 atom stereocenters. The fourth-order valence-electron chi connectivity index (χ4n) is 11.7. The third kappa shape index (κ3) is 69.2. The highest BCUT2D eigenvalue weighted by Gasteiger charge is 2.30. The van der Waals surface area contributed by atoms with E-state index in [-0.39, 0.29) is 25.7 Å². The van der Waals surface area contributed by atoms with Gasteiger partial charge >= 0.3 is 39.5 Å². The van der Waals surface area contributed by atoms with Crippen LogP contribution in [0.4, 0.5) is 0 Å². The maximum atomic E-state index is 13.1. The predicted octanol–water partition coefficient (Wildman–Crippen LogP) is 22.4. The lowest BCUT2D eigenvalue weighted by molar-refractivity contribution is -0.161. The number of hydrogen-bond donors (Lipinski definition) is 3. The van der Waals surface area contributed by atoms with Crippen molar-refractivity contribution in [2.75, 3.05) is 39.6 Å². The summed E-state index contributed by atoms with van der Waals surface area (Å²) < 4.78 is 68.5. The average Bonchev–Trinajstić information content (AvgIpc) is 1.66. The second-order valence-electron chi connectivity index (χ2n) is 29.4. The van der Waals surface area contributed by atoms with Crippen molar-refractivity contribution in [1.82, 2.24) is 0 Å². The molecule has 0 radical (unpaired) electrons. The number of unbranched alkanes of at least 4 members (excludes halogenated alkanes) is 39. The number of phosphoric ester groups is 2. The van der Waals surface area contributed by atoms with Gasteiger partial charge in [0.25, 0.3) is 0 Å². The highest BCUT2D eigenvalue weighted by molar-refractivity contribution is 7.47. The van der Waals surface area contributed by atoms with E-state index in [1.807, 2.05) is 0 Å². The van der Waals surface area contributed by atoms with Gasteiger partial charge in [-0.2, -0.15) is 0 Å². The molecule has 0 aromatic carbocycles. The standard InChI is InChI=1S/C77H150O17P2/c1-9-70(8)56-48-40-35-36-44-52-60-77(82)94-73(64-88-75(80)58-50-42-33-28-27-31-39-47-55-69(6)7)66-92-96(85,86)90-62-71(78)61-89-95(83,84)91-65-72(63-87-74(79)57-49-41-32-25-21-18-14-16-20-24-30-38-46-54-68(4)5)93-76(81)59-51-43-34-26-22-17-13-11-10-12-15-19-23-29-37-45-53-67(2)3/h67-73,78H,9-66H2,1-8H3,(H,83,84)(H,85,86)/t70?,71?,72-,73-/m1/s1. The largest absolute Gasteiger partial charge is 0.472 e. The fourth-order valence-corrected chi connectivity index (χ4v) is 13.3. The molecule has 570 valence electrons. The smallest absolute Gasteiger partial charge is 0.462 e. The fraction of sp³-hybridized carbons (Fsp3) is 0.948. The summed E-state index contributed by atoms with van der Waals surface area (Å²) in [6, 6.07) is 0. The summed E-state index contributed by atoms with van der Waals surface area (Å²) >= 11 is 0. The maximum absolute atomic E-state index is 13.1. The molecule has 0 saturated carbocycles. The number of aliphatic hydroxyl groups is 1. The molecular weight excluding hydrogens is 1260 g/mol. The van der Waals surface area contributed by atoms with Crippen LogP contribution in [-0.4, -0.2) is 96.7 Å². The summed E-state index contributed by atoms with van der Waals surface area (Å²) in [6.45, 7) is 14.2. The van der Waals surface area contributed by atoms with E-state index in [4.69, 9.17) is 37.0 Å². The Balaban J connectivity index is 5.23. The minimum atomic E-state index is -4.96. The molecule has 3 N–H and O–H groups in total. The third-order valence-electron chi connectivity index (χ3n) is 18.2. The van der Waals surface area contributed by atoms with E-state index in [1.165, 1.54) is 193 Å². The number of carbonyl (C=O) groups is 4. The number of rotatable bonds is 74. The SMILES string of the molecule is CCC(C)CCCCCCCCC(=O)O[C@H](COC(=O)CCCCCCCCCCC(C)C)COP(=O)(O)OCC(O)COP(=O)(O)OC[C@@H](COC(=O)CCCCCCCCCCCCCCCC(C)C)OC(=O)CCCCCCCCCCCCCCCCCCC(C)C. The molecule has 0 aromatic heterocycles. The van der Waals surface area contributed by atoms with E-state index in [9.17, 15) is 43.2 Å².